The molecule has 112 valence electrons. The van der Waals surface area contributed by atoms with Crippen LogP contribution in [0.15, 0.2) is 16.6 Å². The maximum Gasteiger partial charge on any atom is 0.267 e. The molecule has 1 heterocycles. The van der Waals surface area contributed by atoms with E-state index >= 15 is 0 Å². The van der Waals surface area contributed by atoms with Gasteiger partial charge in [0.05, 0.1) is 7.11 Å². The molecule has 0 aliphatic carbocycles. The molecule has 7 heteroatoms. The van der Waals surface area contributed by atoms with Gasteiger partial charge in [0.2, 0.25) is 0 Å². The number of carbonyl (C=O) groups is 1. The SMILES string of the molecule is COc1ccsc1C(=O)N(CC/C(N)=N/O)CC(C)C. The van der Waals surface area contributed by atoms with Gasteiger partial charge in [0.25, 0.3) is 5.91 Å². The third-order valence-electron chi connectivity index (χ3n) is 2.68. The molecule has 0 radical (unpaired) electrons. The fourth-order valence-electron chi connectivity index (χ4n) is 1.77. The van der Waals surface area contributed by atoms with Crippen LogP contribution >= 0.6 is 11.3 Å². The zero-order chi connectivity index (χ0) is 15.1. The first-order chi connectivity index (χ1) is 9.49. The van der Waals surface area contributed by atoms with Gasteiger partial charge in [-0.2, -0.15) is 0 Å². The van der Waals surface area contributed by atoms with E-state index in [2.05, 4.69) is 5.16 Å². The van der Waals surface area contributed by atoms with Gasteiger partial charge in [-0.3, -0.25) is 4.79 Å². The van der Waals surface area contributed by atoms with Gasteiger partial charge in [-0.25, -0.2) is 0 Å². The zero-order valence-corrected chi connectivity index (χ0v) is 12.8. The minimum atomic E-state index is -0.0868. The summed E-state index contributed by atoms with van der Waals surface area (Å²) in [6.07, 6.45) is 0.336. The van der Waals surface area contributed by atoms with Crippen LogP contribution in [-0.2, 0) is 0 Å². The normalized spacial score (nSPS) is 11.7. The summed E-state index contributed by atoms with van der Waals surface area (Å²) in [6.45, 7) is 5.09. The molecule has 0 saturated heterocycles. The molecular formula is C13H21N3O3S. The second kappa shape index (κ2) is 7.74. The summed E-state index contributed by atoms with van der Waals surface area (Å²) in [5.74, 6) is 0.941. The van der Waals surface area contributed by atoms with Crippen molar-refractivity contribution in [2.75, 3.05) is 20.2 Å². The second-order valence-electron chi connectivity index (χ2n) is 4.80. The van der Waals surface area contributed by atoms with Gasteiger partial charge in [-0.05, 0) is 17.4 Å². The van der Waals surface area contributed by atoms with Crippen LogP contribution in [0.3, 0.4) is 0 Å². The van der Waals surface area contributed by atoms with Crippen LogP contribution < -0.4 is 10.5 Å². The van der Waals surface area contributed by atoms with Gasteiger partial charge < -0.3 is 20.6 Å². The Morgan fingerprint density at radius 1 is 1.60 bits per heavy atom. The predicted molar refractivity (Wildman–Crippen MR) is 79.6 cm³/mol. The number of carbonyl (C=O) groups excluding carboxylic acids is 1. The lowest BCUT2D eigenvalue weighted by molar-refractivity contribution is 0.0742. The predicted octanol–water partition coefficient (Wildman–Crippen LogP) is 1.99. The summed E-state index contributed by atoms with van der Waals surface area (Å²) in [5.41, 5.74) is 5.47. The second-order valence-corrected chi connectivity index (χ2v) is 5.72. The number of hydrogen-bond acceptors (Lipinski definition) is 5. The van der Waals surface area contributed by atoms with Crippen LogP contribution in [0, 0.1) is 5.92 Å². The molecular weight excluding hydrogens is 278 g/mol. The monoisotopic (exact) mass is 299 g/mol. The molecule has 3 N–H and O–H groups in total. The first kappa shape index (κ1) is 16.3. The minimum Gasteiger partial charge on any atom is -0.495 e. The van der Waals surface area contributed by atoms with Crippen LogP contribution in [0.4, 0.5) is 0 Å². The lowest BCUT2D eigenvalue weighted by Gasteiger charge is -2.24. The summed E-state index contributed by atoms with van der Waals surface area (Å²) < 4.78 is 5.18. The Morgan fingerprint density at radius 2 is 2.30 bits per heavy atom. The molecule has 0 fully saturated rings. The van der Waals surface area contributed by atoms with Crippen molar-refractivity contribution in [3.05, 3.63) is 16.3 Å². The van der Waals surface area contributed by atoms with E-state index in [4.69, 9.17) is 15.7 Å². The highest BCUT2D eigenvalue weighted by atomic mass is 32.1. The summed E-state index contributed by atoms with van der Waals surface area (Å²) in [6, 6.07) is 1.77. The van der Waals surface area contributed by atoms with Crippen LogP contribution in [0.5, 0.6) is 5.75 Å². The standard InChI is InChI=1S/C13H21N3O3S/c1-9(2)8-16(6-4-11(14)15-18)13(17)12-10(19-3)5-7-20-12/h5,7,9,18H,4,6,8H2,1-3H3,(H2,14,15). The number of rotatable bonds is 7. The number of nitrogens with zero attached hydrogens (tertiary/aromatic N) is 2. The van der Waals surface area contributed by atoms with E-state index in [0.717, 1.165) is 0 Å². The Kier molecular flexibility index (Phi) is 6.30. The van der Waals surface area contributed by atoms with E-state index in [0.29, 0.717) is 36.1 Å². The maximum atomic E-state index is 12.5. The molecule has 20 heavy (non-hydrogen) atoms. The zero-order valence-electron chi connectivity index (χ0n) is 12.0. The number of ether oxygens (including phenoxy) is 1. The minimum absolute atomic E-state index is 0.0868. The maximum absolute atomic E-state index is 12.5. The van der Waals surface area contributed by atoms with Crippen molar-refractivity contribution in [2.45, 2.75) is 20.3 Å². The van der Waals surface area contributed by atoms with Crippen molar-refractivity contribution < 1.29 is 14.7 Å². The van der Waals surface area contributed by atoms with Crippen LogP contribution in [0.2, 0.25) is 0 Å². The molecule has 0 spiro atoms. The number of oxime groups is 1. The largest absolute Gasteiger partial charge is 0.495 e. The van der Waals surface area contributed by atoms with Gasteiger partial charge in [0.1, 0.15) is 16.5 Å². The molecule has 0 saturated carbocycles. The average molecular weight is 299 g/mol. The quantitative estimate of drug-likeness (QED) is 0.349. The molecule has 0 aromatic carbocycles. The molecule has 1 amide bonds. The summed E-state index contributed by atoms with van der Waals surface area (Å²) >= 11 is 1.35. The number of amidine groups is 1. The van der Waals surface area contributed by atoms with Gasteiger partial charge in [0.15, 0.2) is 0 Å². The number of methoxy groups -OCH3 is 1. The van der Waals surface area contributed by atoms with E-state index < -0.39 is 0 Å². The highest BCUT2D eigenvalue weighted by Crippen LogP contribution is 2.26. The fraction of sp³-hybridized carbons (Fsp3) is 0.538. The fourth-order valence-corrected chi connectivity index (χ4v) is 2.60. The van der Waals surface area contributed by atoms with Crippen molar-refractivity contribution in [3.63, 3.8) is 0 Å². The Morgan fingerprint density at radius 3 is 2.85 bits per heavy atom. The number of thiophene rings is 1. The Balaban J connectivity index is 2.84. The van der Waals surface area contributed by atoms with E-state index in [9.17, 15) is 4.79 Å². The third kappa shape index (κ3) is 4.41. The van der Waals surface area contributed by atoms with E-state index in [1.807, 2.05) is 19.2 Å². The molecule has 0 aliphatic heterocycles. The third-order valence-corrected chi connectivity index (χ3v) is 3.57. The molecule has 1 aromatic rings. The van der Waals surface area contributed by atoms with E-state index in [-0.39, 0.29) is 11.7 Å². The van der Waals surface area contributed by atoms with Crippen molar-refractivity contribution in [1.29, 1.82) is 0 Å². The molecule has 6 nitrogen and oxygen atoms in total. The smallest absolute Gasteiger partial charge is 0.267 e. The lowest BCUT2D eigenvalue weighted by atomic mass is 10.2. The van der Waals surface area contributed by atoms with Gasteiger partial charge >= 0.3 is 0 Å². The van der Waals surface area contributed by atoms with Gasteiger partial charge in [-0.1, -0.05) is 19.0 Å². The first-order valence-electron chi connectivity index (χ1n) is 6.36. The number of hydrogen-bond donors (Lipinski definition) is 2. The number of amides is 1. The summed E-state index contributed by atoms with van der Waals surface area (Å²) in [5, 5.41) is 13.3. The summed E-state index contributed by atoms with van der Waals surface area (Å²) in [4.78, 5) is 14.8. The molecule has 0 atom stereocenters. The lowest BCUT2D eigenvalue weighted by Crippen LogP contribution is -2.36. The van der Waals surface area contributed by atoms with E-state index in [1.54, 1.807) is 18.1 Å². The highest BCUT2D eigenvalue weighted by molar-refractivity contribution is 7.12. The van der Waals surface area contributed by atoms with E-state index in [1.165, 1.54) is 11.3 Å². The summed E-state index contributed by atoms with van der Waals surface area (Å²) in [7, 11) is 1.54. The van der Waals surface area contributed by atoms with Gasteiger partial charge in [0, 0.05) is 19.5 Å². The molecule has 1 rings (SSSR count). The Bertz CT molecular complexity index is 471. The van der Waals surface area contributed by atoms with Crippen molar-refractivity contribution >= 4 is 23.1 Å². The van der Waals surface area contributed by atoms with Crippen molar-refractivity contribution in [1.82, 2.24) is 4.90 Å². The Labute approximate surface area is 122 Å². The molecule has 0 aliphatic rings. The highest BCUT2D eigenvalue weighted by Gasteiger charge is 2.21. The molecule has 0 unspecified atom stereocenters. The van der Waals surface area contributed by atoms with Gasteiger partial charge in [-0.15, -0.1) is 11.3 Å². The first-order valence-corrected chi connectivity index (χ1v) is 7.24. The number of nitrogens with two attached hydrogens (primary N) is 1. The van der Waals surface area contributed by atoms with Crippen LogP contribution in [0.25, 0.3) is 0 Å². The topological polar surface area (TPSA) is 88.2 Å². The van der Waals surface area contributed by atoms with Crippen molar-refractivity contribution in [2.24, 2.45) is 16.8 Å². The Hall–Kier alpha value is -1.76. The van der Waals surface area contributed by atoms with Crippen LogP contribution in [-0.4, -0.2) is 42.0 Å². The van der Waals surface area contributed by atoms with Crippen LogP contribution in [0.1, 0.15) is 29.9 Å². The molecule has 1 aromatic heterocycles. The van der Waals surface area contributed by atoms with Crippen molar-refractivity contribution in [3.8, 4) is 5.75 Å². The average Bonchev–Trinajstić information content (AvgIpc) is 2.90. The molecule has 0 bridgehead atoms.